The largest absolute Gasteiger partial charge is 0.496 e. The second kappa shape index (κ2) is 7.92. The number of amides is 1. The molecule has 1 aromatic heterocycles. The summed E-state index contributed by atoms with van der Waals surface area (Å²) in [5, 5.41) is 12.3. The molecule has 0 atom stereocenters. The van der Waals surface area contributed by atoms with Crippen molar-refractivity contribution in [3.8, 4) is 11.5 Å². The summed E-state index contributed by atoms with van der Waals surface area (Å²) in [6, 6.07) is 3.37. The molecule has 0 saturated carbocycles. The molecule has 124 valence electrons. The van der Waals surface area contributed by atoms with Crippen LogP contribution in [0.4, 0.5) is 5.13 Å². The van der Waals surface area contributed by atoms with Crippen LogP contribution in [0.1, 0.15) is 40.7 Å². The average molecular weight is 335 g/mol. The predicted octanol–water partition coefficient (Wildman–Crippen LogP) is 3.46. The highest BCUT2D eigenvalue weighted by Gasteiger charge is 2.15. The Morgan fingerprint density at radius 1 is 1.22 bits per heavy atom. The first-order valence-electron chi connectivity index (χ1n) is 7.45. The van der Waals surface area contributed by atoms with Crippen LogP contribution < -0.4 is 14.8 Å². The van der Waals surface area contributed by atoms with Crippen LogP contribution in [0, 0.1) is 6.92 Å². The zero-order chi connectivity index (χ0) is 16.8. The second-order valence-electron chi connectivity index (χ2n) is 5.06. The second-order valence-corrected chi connectivity index (χ2v) is 6.13. The summed E-state index contributed by atoms with van der Waals surface area (Å²) in [4.78, 5) is 12.4. The van der Waals surface area contributed by atoms with Gasteiger partial charge in [-0.3, -0.25) is 10.1 Å². The third-order valence-electron chi connectivity index (χ3n) is 3.45. The molecule has 2 aromatic rings. The van der Waals surface area contributed by atoms with Crippen molar-refractivity contribution < 1.29 is 14.3 Å². The van der Waals surface area contributed by atoms with E-state index in [-0.39, 0.29) is 5.91 Å². The molecule has 0 unspecified atom stereocenters. The predicted molar refractivity (Wildman–Crippen MR) is 90.8 cm³/mol. The lowest BCUT2D eigenvalue weighted by Gasteiger charge is -2.12. The van der Waals surface area contributed by atoms with Gasteiger partial charge >= 0.3 is 0 Å². The summed E-state index contributed by atoms with van der Waals surface area (Å²) >= 11 is 1.40. The lowest BCUT2D eigenvalue weighted by molar-refractivity contribution is 0.102. The van der Waals surface area contributed by atoms with Crippen LogP contribution in [-0.2, 0) is 6.42 Å². The van der Waals surface area contributed by atoms with Crippen LogP contribution in [-0.4, -0.2) is 30.3 Å². The van der Waals surface area contributed by atoms with Crippen molar-refractivity contribution in [2.24, 2.45) is 0 Å². The van der Waals surface area contributed by atoms with E-state index in [0.717, 1.165) is 29.8 Å². The lowest BCUT2D eigenvalue weighted by Crippen LogP contribution is -2.12. The van der Waals surface area contributed by atoms with Crippen LogP contribution in [0.3, 0.4) is 0 Å². The lowest BCUT2D eigenvalue weighted by atomic mass is 10.1. The van der Waals surface area contributed by atoms with Crippen LogP contribution in [0.2, 0.25) is 0 Å². The number of nitrogens with zero attached hydrogens (tertiary/aromatic N) is 2. The molecule has 1 heterocycles. The molecule has 1 amide bonds. The smallest absolute Gasteiger partial charge is 0.257 e. The number of rotatable bonds is 7. The van der Waals surface area contributed by atoms with Crippen LogP contribution in [0.5, 0.6) is 11.5 Å². The Kier molecular flexibility index (Phi) is 5.92. The van der Waals surface area contributed by atoms with Crippen molar-refractivity contribution in [2.45, 2.75) is 33.1 Å². The molecule has 2 rings (SSSR count). The van der Waals surface area contributed by atoms with E-state index in [9.17, 15) is 4.79 Å². The molecular formula is C16H21N3O3S. The molecule has 0 aliphatic rings. The van der Waals surface area contributed by atoms with Crippen LogP contribution >= 0.6 is 11.3 Å². The third kappa shape index (κ3) is 4.19. The van der Waals surface area contributed by atoms with E-state index in [0.29, 0.717) is 22.2 Å². The van der Waals surface area contributed by atoms with Gasteiger partial charge in [-0.2, -0.15) is 0 Å². The van der Waals surface area contributed by atoms with Crippen molar-refractivity contribution in [1.29, 1.82) is 0 Å². The van der Waals surface area contributed by atoms with Gasteiger partial charge in [-0.15, -0.1) is 10.2 Å². The molecule has 0 bridgehead atoms. The molecular weight excluding hydrogens is 314 g/mol. The van der Waals surface area contributed by atoms with E-state index in [1.54, 1.807) is 26.4 Å². The number of anilines is 1. The van der Waals surface area contributed by atoms with Gasteiger partial charge in [0, 0.05) is 17.5 Å². The van der Waals surface area contributed by atoms with Gasteiger partial charge < -0.3 is 9.47 Å². The van der Waals surface area contributed by atoms with E-state index in [1.807, 2.05) is 6.92 Å². The van der Waals surface area contributed by atoms with Gasteiger partial charge in [0.25, 0.3) is 5.91 Å². The van der Waals surface area contributed by atoms with E-state index in [1.165, 1.54) is 11.3 Å². The number of aryl methyl sites for hydroxylation is 1. The maximum absolute atomic E-state index is 12.4. The van der Waals surface area contributed by atoms with Gasteiger partial charge in [-0.1, -0.05) is 24.7 Å². The molecule has 0 aliphatic heterocycles. The number of carbonyl (C=O) groups excluding carboxylic acids is 1. The number of hydrogen-bond acceptors (Lipinski definition) is 6. The van der Waals surface area contributed by atoms with Gasteiger partial charge in [-0.25, -0.2) is 0 Å². The molecule has 1 aromatic carbocycles. The van der Waals surface area contributed by atoms with Crippen molar-refractivity contribution in [1.82, 2.24) is 10.2 Å². The first-order chi connectivity index (χ1) is 11.1. The van der Waals surface area contributed by atoms with Gasteiger partial charge in [0.15, 0.2) is 0 Å². The number of hydrogen-bond donors (Lipinski definition) is 1. The summed E-state index contributed by atoms with van der Waals surface area (Å²) in [6.45, 7) is 4.01. The fourth-order valence-corrected chi connectivity index (χ4v) is 2.90. The molecule has 0 aliphatic carbocycles. The van der Waals surface area contributed by atoms with E-state index in [4.69, 9.17) is 9.47 Å². The van der Waals surface area contributed by atoms with Crippen molar-refractivity contribution >= 4 is 22.4 Å². The molecule has 1 N–H and O–H groups in total. The monoisotopic (exact) mass is 335 g/mol. The Morgan fingerprint density at radius 3 is 2.43 bits per heavy atom. The standard InChI is InChI=1S/C16H21N3O3S/c1-5-6-7-14-18-19-16(23-14)17-15(20)11-8-12(21-3)10(2)13(9-11)22-4/h8-9H,5-7H2,1-4H3,(H,17,19,20). The number of carbonyl (C=O) groups is 1. The number of aromatic nitrogens is 2. The molecule has 23 heavy (non-hydrogen) atoms. The Morgan fingerprint density at radius 2 is 1.87 bits per heavy atom. The molecule has 0 fully saturated rings. The minimum absolute atomic E-state index is 0.264. The highest BCUT2D eigenvalue weighted by molar-refractivity contribution is 7.15. The topological polar surface area (TPSA) is 73.3 Å². The molecule has 6 nitrogen and oxygen atoms in total. The molecule has 0 radical (unpaired) electrons. The summed E-state index contributed by atoms with van der Waals surface area (Å²) < 4.78 is 10.6. The van der Waals surface area contributed by atoms with Crippen molar-refractivity contribution in [2.75, 3.05) is 19.5 Å². The van der Waals surface area contributed by atoms with Gasteiger partial charge in [0.2, 0.25) is 5.13 Å². The van der Waals surface area contributed by atoms with E-state index < -0.39 is 0 Å². The first kappa shape index (κ1) is 17.2. The van der Waals surface area contributed by atoms with Crippen LogP contribution in [0.25, 0.3) is 0 Å². The Hall–Kier alpha value is -2.15. The third-order valence-corrected chi connectivity index (χ3v) is 4.34. The maximum atomic E-state index is 12.4. The number of nitrogens with one attached hydrogen (secondary N) is 1. The van der Waals surface area contributed by atoms with E-state index in [2.05, 4.69) is 22.4 Å². The summed E-state index contributed by atoms with van der Waals surface area (Å²) in [5.74, 6) is 0.950. The van der Waals surface area contributed by atoms with Gasteiger partial charge in [0.1, 0.15) is 16.5 Å². The fourth-order valence-electron chi connectivity index (χ4n) is 2.12. The van der Waals surface area contributed by atoms with E-state index >= 15 is 0 Å². The number of benzene rings is 1. The SMILES string of the molecule is CCCCc1nnc(NC(=O)c2cc(OC)c(C)c(OC)c2)s1. The summed E-state index contributed by atoms with van der Waals surface area (Å²) in [6.07, 6.45) is 3.05. The van der Waals surface area contributed by atoms with Crippen molar-refractivity contribution in [3.05, 3.63) is 28.3 Å². The number of ether oxygens (including phenoxy) is 2. The Bertz CT molecular complexity index is 660. The average Bonchev–Trinajstić information content (AvgIpc) is 3.00. The number of methoxy groups -OCH3 is 2. The highest BCUT2D eigenvalue weighted by atomic mass is 32.1. The highest BCUT2D eigenvalue weighted by Crippen LogP contribution is 2.30. The normalized spacial score (nSPS) is 10.4. The first-order valence-corrected chi connectivity index (χ1v) is 8.27. The molecule has 7 heteroatoms. The zero-order valence-corrected chi connectivity index (χ0v) is 14.6. The Balaban J connectivity index is 2.15. The quantitative estimate of drug-likeness (QED) is 0.839. The maximum Gasteiger partial charge on any atom is 0.257 e. The minimum atomic E-state index is -0.264. The minimum Gasteiger partial charge on any atom is -0.496 e. The van der Waals surface area contributed by atoms with Crippen LogP contribution in [0.15, 0.2) is 12.1 Å². The molecule has 0 spiro atoms. The summed E-state index contributed by atoms with van der Waals surface area (Å²) in [5.41, 5.74) is 1.30. The number of unbranched alkanes of at least 4 members (excludes halogenated alkanes) is 1. The van der Waals surface area contributed by atoms with Gasteiger partial charge in [-0.05, 0) is 25.5 Å². The molecule has 0 saturated heterocycles. The van der Waals surface area contributed by atoms with Gasteiger partial charge in [0.05, 0.1) is 14.2 Å². The Labute approximate surface area is 139 Å². The summed E-state index contributed by atoms with van der Waals surface area (Å²) in [7, 11) is 3.13. The zero-order valence-electron chi connectivity index (χ0n) is 13.8. The van der Waals surface area contributed by atoms with Crippen molar-refractivity contribution in [3.63, 3.8) is 0 Å². The fraction of sp³-hybridized carbons (Fsp3) is 0.438.